The van der Waals surface area contributed by atoms with Gasteiger partial charge in [-0.1, -0.05) is 20.3 Å². The summed E-state index contributed by atoms with van der Waals surface area (Å²) in [5.41, 5.74) is 0.261. The van der Waals surface area contributed by atoms with Gasteiger partial charge in [-0.2, -0.15) is 12.6 Å². The lowest BCUT2D eigenvalue weighted by molar-refractivity contribution is -0.119. The van der Waals surface area contributed by atoms with Crippen molar-refractivity contribution >= 4 is 18.5 Å². The molecule has 1 rings (SSSR count). The van der Waals surface area contributed by atoms with E-state index in [4.69, 9.17) is 0 Å². The first-order valence-corrected chi connectivity index (χ1v) is 5.57. The molecule has 2 nitrogen and oxygen atoms in total. The smallest absolute Gasteiger partial charge is 0.229 e. The van der Waals surface area contributed by atoms with Gasteiger partial charge < -0.3 is 5.32 Å². The third-order valence-corrected chi connectivity index (χ3v) is 3.38. The van der Waals surface area contributed by atoms with Gasteiger partial charge in [0, 0.05) is 6.54 Å². The topological polar surface area (TPSA) is 29.1 Å². The Labute approximate surface area is 85.9 Å². The Bertz CT molecular complexity index is 187. The van der Waals surface area contributed by atoms with Crippen LogP contribution in [0.25, 0.3) is 0 Å². The average Bonchev–Trinajstić information content (AvgIpc) is 1.96. The van der Waals surface area contributed by atoms with Gasteiger partial charge in [-0.15, -0.1) is 0 Å². The summed E-state index contributed by atoms with van der Waals surface area (Å²) >= 11 is 3.92. The zero-order valence-corrected chi connectivity index (χ0v) is 9.36. The normalized spacial score (nSPS) is 18.1. The Morgan fingerprint density at radius 2 is 2.15 bits per heavy atom. The number of nitrogens with one attached hydrogen (secondary N) is 1. The van der Waals surface area contributed by atoms with Crippen molar-refractivity contribution in [2.75, 3.05) is 12.3 Å². The molecule has 0 aliphatic heterocycles. The van der Waals surface area contributed by atoms with Crippen LogP contribution in [0, 0.1) is 11.3 Å². The predicted molar refractivity (Wildman–Crippen MR) is 58.0 cm³/mol. The van der Waals surface area contributed by atoms with Gasteiger partial charge in [-0.25, -0.2) is 0 Å². The van der Waals surface area contributed by atoms with Crippen molar-refractivity contribution in [2.24, 2.45) is 11.3 Å². The van der Waals surface area contributed by atoms with Gasteiger partial charge in [0.15, 0.2) is 0 Å². The number of carbonyl (C=O) groups is 1. The van der Waals surface area contributed by atoms with E-state index in [1.54, 1.807) is 0 Å². The molecule has 0 spiro atoms. The molecule has 76 valence electrons. The number of hydrogen-bond donors (Lipinski definition) is 2. The summed E-state index contributed by atoms with van der Waals surface area (Å²) < 4.78 is 0. The largest absolute Gasteiger partial charge is 0.355 e. The second kappa shape index (κ2) is 4.36. The summed E-state index contributed by atoms with van der Waals surface area (Å²) in [7, 11) is 0. The fourth-order valence-electron chi connectivity index (χ4n) is 1.72. The van der Waals surface area contributed by atoms with Crippen molar-refractivity contribution < 1.29 is 4.79 Å². The van der Waals surface area contributed by atoms with Gasteiger partial charge in [0.2, 0.25) is 5.91 Å². The fourth-order valence-corrected chi connectivity index (χ4v) is 1.83. The summed E-state index contributed by atoms with van der Waals surface area (Å²) in [5.74, 6) is 1.13. The van der Waals surface area contributed by atoms with Crippen LogP contribution in [0.3, 0.4) is 0 Å². The second-order valence-electron chi connectivity index (χ2n) is 4.55. The first kappa shape index (κ1) is 10.9. The monoisotopic (exact) mass is 201 g/mol. The molecule has 0 heterocycles. The van der Waals surface area contributed by atoms with E-state index in [9.17, 15) is 4.79 Å². The van der Waals surface area contributed by atoms with Crippen molar-refractivity contribution in [3.63, 3.8) is 0 Å². The van der Waals surface area contributed by atoms with Crippen LogP contribution in [-0.4, -0.2) is 18.2 Å². The van der Waals surface area contributed by atoms with Crippen LogP contribution in [0.5, 0.6) is 0 Å². The standard InChI is InChI=1S/C10H19NOS/c1-10(2,8-4-3-5-8)7-11-9(12)6-13/h8,13H,3-7H2,1-2H3,(H,11,12). The van der Waals surface area contributed by atoms with Crippen LogP contribution in [0.4, 0.5) is 0 Å². The molecular formula is C10H19NOS. The summed E-state index contributed by atoms with van der Waals surface area (Å²) in [6.45, 7) is 5.25. The molecule has 0 atom stereocenters. The number of thiol groups is 1. The summed E-state index contributed by atoms with van der Waals surface area (Å²) in [6.07, 6.45) is 4.00. The molecular weight excluding hydrogens is 182 g/mol. The minimum atomic E-state index is 0.0377. The highest BCUT2D eigenvalue weighted by molar-refractivity contribution is 7.81. The Balaban J connectivity index is 2.28. The van der Waals surface area contributed by atoms with Gasteiger partial charge in [0.05, 0.1) is 5.75 Å². The minimum Gasteiger partial charge on any atom is -0.355 e. The van der Waals surface area contributed by atoms with E-state index in [-0.39, 0.29) is 11.3 Å². The molecule has 1 aliphatic carbocycles. The Hall–Kier alpha value is -0.180. The summed E-state index contributed by atoms with van der Waals surface area (Å²) in [6, 6.07) is 0. The van der Waals surface area contributed by atoms with Crippen LogP contribution in [0.15, 0.2) is 0 Å². The molecule has 13 heavy (non-hydrogen) atoms. The highest BCUT2D eigenvalue weighted by Crippen LogP contribution is 2.41. The maximum atomic E-state index is 11.0. The molecule has 0 bridgehead atoms. The first-order chi connectivity index (χ1) is 6.06. The van der Waals surface area contributed by atoms with E-state index in [1.165, 1.54) is 19.3 Å². The second-order valence-corrected chi connectivity index (χ2v) is 4.87. The van der Waals surface area contributed by atoms with E-state index < -0.39 is 0 Å². The van der Waals surface area contributed by atoms with E-state index >= 15 is 0 Å². The van der Waals surface area contributed by atoms with Crippen LogP contribution in [0.1, 0.15) is 33.1 Å². The van der Waals surface area contributed by atoms with E-state index in [2.05, 4.69) is 31.8 Å². The van der Waals surface area contributed by atoms with Crippen molar-refractivity contribution in [2.45, 2.75) is 33.1 Å². The molecule has 0 aromatic heterocycles. The van der Waals surface area contributed by atoms with E-state index in [0.717, 1.165) is 12.5 Å². The SMILES string of the molecule is CC(C)(CNC(=O)CS)C1CCC1. The Kier molecular flexibility index (Phi) is 3.65. The van der Waals surface area contributed by atoms with Crippen molar-refractivity contribution in [1.29, 1.82) is 0 Å². The van der Waals surface area contributed by atoms with Crippen molar-refractivity contribution in [3.05, 3.63) is 0 Å². The van der Waals surface area contributed by atoms with Gasteiger partial charge in [0.25, 0.3) is 0 Å². The van der Waals surface area contributed by atoms with Gasteiger partial charge >= 0.3 is 0 Å². The molecule has 1 fully saturated rings. The fraction of sp³-hybridized carbons (Fsp3) is 0.900. The van der Waals surface area contributed by atoms with Crippen LogP contribution in [0.2, 0.25) is 0 Å². The molecule has 0 radical (unpaired) electrons. The third kappa shape index (κ3) is 2.90. The minimum absolute atomic E-state index is 0.0377. The quantitative estimate of drug-likeness (QED) is 0.668. The lowest BCUT2D eigenvalue weighted by atomic mass is 9.67. The van der Waals surface area contributed by atoms with Crippen molar-refractivity contribution in [3.8, 4) is 0 Å². The molecule has 0 saturated heterocycles. The van der Waals surface area contributed by atoms with E-state index in [0.29, 0.717) is 5.75 Å². The third-order valence-electron chi connectivity index (χ3n) is 3.10. The first-order valence-electron chi connectivity index (χ1n) is 4.94. The van der Waals surface area contributed by atoms with Crippen LogP contribution in [-0.2, 0) is 4.79 Å². The molecule has 1 saturated carbocycles. The highest BCUT2D eigenvalue weighted by atomic mass is 32.1. The zero-order chi connectivity index (χ0) is 9.90. The van der Waals surface area contributed by atoms with Gasteiger partial charge in [-0.3, -0.25) is 4.79 Å². The highest BCUT2D eigenvalue weighted by Gasteiger charge is 2.33. The van der Waals surface area contributed by atoms with E-state index in [1.807, 2.05) is 0 Å². The molecule has 3 heteroatoms. The lowest BCUT2D eigenvalue weighted by Crippen LogP contribution is -2.41. The molecule has 0 aromatic carbocycles. The summed E-state index contributed by atoms with van der Waals surface area (Å²) in [5, 5.41) is 2.91. The van der Waals surface area contributed by atoms with Crippen LogP contribution >= 0.6 is 12.6 Å². The average molecular weight is 201 g/mol. The van der Waals surface area contributed by atoms with Gasteiger partial charge in [-0.05, 0) is 24.2 Å². The van der Waals surface area contributed by atoms with Crippen molar-refractivity contribution in [1.82, 2.24) is 5.32 Å². The van der Waals surface area contributed by atoms with Crippen LogP contribution < -0.4 is 5.32 Å². The molecule has 0 unspecified atom stereocenters. The summed E-state index contributed by atoms with van der Waals surface area (Å²) in [4.78, 5) is 11.0. The molecule has 1 amide bonds. The molecule has 1 N–H and O–H groups in total. The Morgan fingerprint density at radius 3 is 2.54 bits per heavy atom. The molecule has 0 aromatic rings. The predicted octanol–water partition coefficient (Wildman–Crippen LogP) is 1.86. The number of rotatable bonds is 4. The zero-order valence-electron chi connectivity index (χ0n) is 8.47. The number of carbonyl (C=O) groups excluding carboxylic acids is 1. The molecule has 1 aliphatic rings. The number of hydrogen-bond acceptors (Lipinski definition) is 2. The van der Waals surface area contributed by atoms with Gasteiger partial charge in [0.1, 0.15) is 0 Å². The lowest BCUT2D eigenvalue weighted by Gasteiger charge is -2.40. The maximum Gasteiger partial charge on any atom is 0.229 e. The number of amides is 1. The Morgan fingerprint density at radius 1 is 1.54 bits per heavy atom. The maximum absolute atomic E-state index is 11.0.